The fourth-order valence-electron chi connectivity index (χ4n) is 5.95. The van der Waals surface area contributed by atoms with Gasteiger partial charge < -0.3 is 45.9 Å². The van der Waals surface area contributed by atoms with Crippen LogP contribution in [0.1, 0.15) is 0 Å². The molecule has 0 spiro atoms. The Balaban J connectivity index is 1.19. The fraction of sp³-hybridized carbons (Fsp3) is 0.179. The van der Waals surface area contributed by atoms with Crippen molar-refractivity contribution in [3.05, 3.63) is 109 Å². The molecule has 0 fully saturated rings. The van der Waals surface area contributed by atoms with Crippen LogP contribution in [0, 0.1) is 0 Å². The summed E-state index contributed by atoms with van der Waals surface area (Å²) in [5, 5.41) is 10.1. The second-order valence-corrected chi connectivity index (χ2v) is 14.1. The van der Waals surface area contributed by atoms with Crippen LogP contribution in [0.25, 0.3) is 21.5 Å². The van der Waals surface area contributed by atoms with E-state index in [0.29, 0.717) is 63.7 Å². The maximum Gasteiger partial charge on any atom is 0.366 e. The molecule has 2 atom stereocenters. The number of hydrazine groups is 1. The molecule has 292 valence electrons. The first-order valence-electron chi connectivity index (χ1n) is 17.3. The van der Waals surface area contributed by atoms with Gasteiger partial charge in [-0.05, 0) is 72.1 Å². The molecule has 1 heterocycles. The number of thiol groups is 1. The lowest BCUT2D eigenvalue weighted by molar-refractivity contribution is -0.351. The predicted molar refractivity (Wildman–Crippen MR) is 221 cm³/mol. The van der Waals surface area contributed by atoms with Crippen LogP contribution < -0.4 is 55.9 Å². The van der Waals surface area contributed by atoms with Crippen LogP contribution in [0.5, 0.6) is 23.0 Å². The molecule has 8 N–H and O–H groups in total. The summed E-state index contributed by atoms with van der Waals surface area (Å²) in [6.45, 7) is 0.543. The number of nitrogens with one attached hydrogen (secondary N) is 4. The predicted octanol–water partition coefficient (Wildman–Crippen LogP) is 6.13. The number of nitrogen functional groups attached to an aromatic ring is 2. The molecule has 1 aliphatic rings. The van der Waals surface area contributed by atoms with E-state index in [1.165, 1.54) is 11.5 Å². The average molecular weight is 800 g/mol. The van der Waals surface area contributed by atoms with Gasteiger partial charge in [0, 0.05) is 24.4 Å². The van der Waals surface area contributed by atoms with Gasteiger partial charge in [0.15, 0.2) is 19.1 Å². The first kappa shape index (κ1) is 38.6. The largest absolute Gasteiger partial charge is 0.482 e. The molecule has 0 amide bonds. The minimum absolute atomic E-state index is 0.0331. The summed E-state index contributed by atoms with van der Waals surface area (Å²) in [7, 11) is 1.47. The maximum atomic E-state index is 13.2. The second-order valence-electron chi connectivity index (χ2n) is 12.4. The Bertz CT molecular complexity index is 2360. The van der Waals surface area contributed by atoms with E-state index >= 15 is 0 Å². The van der Waals surface area contributed by atoms with Crippen molar-refractivity contribution in [3.63, 3.8) is 0 Å². The van der Waals surface area contributed by atoms with Crippen molar-refractivity contribution in [2.45, 2.75) is 10.8 Å². The third-order valence-corrected chi connectivity index (χ3v) is 10.2. The Morgan fingerprint density at radius 1 is 0.875 bits per heavy atom. The van der Waals surface area contributed by atoms with Gasteiger partial charge in [0.25, 0.3) is 0 Å². The molecule has 6 aromatic rings. The molecule has 0 radical (unpaired) electrons. The summed E-state index contributed by atoms with van der Waals surface area (Å²) in [4.78, 5) is 17.7. The van der Waals surface area contributed by atoms with E-state index < -0.39 is 16.9 Å². The van der Waals surface area contributed by atoms with E-state index in [-0.39, 0.29) is 19.1 Å². The maximum absolute atomic E-state index is 13.2. The van der Waals surface area contributed by atoms with Gasteiger partial charge in [0.1, 0.15) is 28.2 Å². The quantitative estimate of drug-likeness (QED) is 0.0140. The lowest BCUT2D eigenvalue weighted by Gasteiger charge is -2.37. The van der Waals surface area contributed by atoms with Crippen molar-refractivity contribution in [2.75, 3.05) is 67.2 Å². The number of rotatable bonds is 17. The standard InChI is InChI=1S/C39H41N7O8S2/c1-48-20-19-43-56(47)28-14-18-34(31(22-28)42-24-51-35-15-11-25-7-3-5-9-29(25)37(35)40)53-54-39(52-36-16-12-26-8-4-6-10-30(26)38(36)41)23-50-33-17-13-27(21-32(33)44-39)46(55)45-49-2/h3-18,21-22,42-45,55H,19-20,23-24,40-41H2,1-2H3. The first-order chi connectivity index (χ1) is 27.3. The number of hydrogen-bond acceptors (Lipinski definition) is 15. The Hall–Kier alpha value is -5.66. The number of fused-ring (bicyclic) bond motifs is 3. The van der Waals surface area contributed by atoms with Crippen LogP contribution in [0.3, 0.4) is 0 Å². The highest BCUT2D eigenvalue weighted by Gasteiger charge is 2.43. The van der Waals surface area contributed by atoms with E-state index in [1.54, 1.807) is 55.6 Å². The monoisotopic (exact) mass is 799 g/mol. The van der Waals surface area contributed by atoms with Gasteiger partial charge in [-0.2, -0.15) is 0 Å². The zero-order valence-electron chi connectivity index (χ0n) is 30.4. The van der Waals surface area contributed by atoms with E-state index in [0.717, 1.165) is 21.5 Å². The molecule has 7 rings (SSSR count). The highest BCUT2D eigenvalue weighted by Crippen LogP contribution is 2.40. The molecule has 1 aliphatic heterocycles. The molecule has 6 aromatic carbocycles. The molecule has 56 heavy (non-hydrogen) atoms. The number of benzene rings is 6. The van der Waals surface area contributed by atoms with Crippen LogP contribution in [-0.4, -0.2) is 50.8 Å². The smallest absolute Gasteiger partial charge is 0.366 e. The summed E-state index contributed by atoms with van der Waals surface area (Å²) < 4.78 is 41.4. The van der Waals surface area contributed by atoms with E-state index in [1.807, 2.05) is 60.7 Å². The van der Waals surface area contributed by atoms with Gasteiger partial charge >= 0.3 is 5.91 Å². The van der Waals surface area contributed by atoms with Crippen LogP contribution in [0.2, 0.25) is 0 Å². The number of nitrogens with two attached hydrogens (primary N) is 2. The van der Waals surface area contributed by atoms with Crippen molar-refractivity contribution in [1.29, 1.82) is 0 Å². The summed E-state index contributed by atoms with van der Waals surface area (Å²) >= 11 is 4.43. The zero-order valence-corrected chi connectivity index (χ0v) is 32.2. The summed E-state index contributed by atoms with van der Waals surface area (Å²) in [6.07, 6.45) is 0. The fourth-order valence-corrected chi connectivity index (χ4v) is 7.00. The third-order valence-electron chi connectivity index (χ3n) is 8.73. The van der Waals surface area contributed by atoms with Gasteiger partial charge in [-0.3, -0.25) is 4.84 Å². The minimum atomic E-state index is -1.80. The molecule has 0 aliphatic carbocycles. The Kier molecular flexibility index (Phi) is 12.0. The summed E-state index contributed by atoms with van der Waals surface area (Å²) in [5.74, 6) is -0.276. The molecule has 0 saturated heterocycles. The van der Waals surface area contributed by atoms with Crippen molar-refractivity contribution in [3.8, 4) is 23.0 Å². The Morgan fingerprint density at radius 2 is 1.57 bits per heavy atom. The topological polar surface area (TPSA) is 185 Å². The number of hydrogen-bond donors (Lipinski definition) is 7. The van der Waals surface area contributed by atoms with Gasteiger partial charge in [0.05, 0.1) is 47.0 Å². The third kappa shape index (κ3) is 8.58. The molecular weight excluding hydrogens is 759 g/mol. The molecule has 0 saturated carbocycles. The summed E-state index contributed by atoms with van der Waals surface area (Å²) in [5.41, 5.74) is 18.1. The van der Waals surface area contributed by atoms with Gasteiger partial charge in [-0.25, -0.2) is 13.3 Å². The van der Waals surface area contributed by atoms with Gasteiger partial charge in [-0.1, -0.05) is 60.7 Å². The van der Waals surface area contributed by atoms with Crippen LogP contribution in [0.15, 0.2) is 114 Å². The molecular formula is C39H41N7O8S2. The van der Waals surface area contributed by atoms with Gasteiger partial charge in [0.2, 0.25) is 0 Å². The normalized spacial score (nSPS) is 15.3. The lowest BCUT2D eigenvalue weighted by atomic mass is 10.1. The Morgan fingerprint density at radius 3 is 2.30 bits per heavy atom. The highest BCUT2D eigenvalue weighted by atomic mass is 32.2. The second kappa shape index (κ2) is 17.4. The molecule has 0 bridgehead atoms. The number of nitrogens with zero attached hydrogens (tertiary/aromatic N) is 1. The van der Waals surface area contributed by atoms with Crippen molar-refractivity contribution in [1.82, 2.24) is 10.3 Å². The van der Waals surface area contributed by atoms with Crippen LogP contribution in [-0.2, 0) is 25.4 Å². The number of anilines is 5. The average Bonchev–Trinajstić information content (AvgIpc) is 3.22. The minimum Gasteiger partial charge on any atom is -0.482 e. The molecule has 2 unspecified atom stereocenters. The first-order valence-corrected chi connectivity index (χ1v) is 18.9. The summed E-state index contributed by atoms with van der Waals surface area (Å²) in [6, 6.07) is 33.0. The molecule has 15 nitrogen and oxygen atoms in total. The molecule has 17 heteroatoms. The molecule has 0 aromatic heterocycles. The van der Waals surface area contributed by atoms with Crippen molar-refractivity contribution in [2.24, 2.45) is 0 Å². The van der Waals surface area contributed by atoms with Gasteiger partial charge in [-0.15, -0.1) is 10.5 Å². The van der Waals surface area contributed by atoms with E-state index in [4.69, 9.17) is 45.0 Å². The lowest BCUT2D eigenvalue weighted by Crippen LogP contribution is -2.55. The van der Waals surface area contributed by atoms with Crippen LogP contribution in [0.4, 0.5) is 28.4 Å². The highest BCUT2D eigenvalue weighted by molar-refractivity contribution is 7.83. The van der Waals surface area contributed by atoms with Crippen molar-refractivity contribution >= 4 is 73.8 Å². The van der Waals surface area contributed by atoms with Crippen molar-refractivity contribution < 1.29 is 37.8 Å². The number of ether oxygens (including phenoxy) is 4. The SMILES string of the molecule is COCCNS(=O)c1ccc(OOC2(Oc3ccc4ccccc4c3N)COc3ccc(N(S)NOC)cc3N2)c(NCOc2ccc3ccccc3c2N)c1. The van der Waals surface area contributed by atoms with Crippen LogP contribution >= 0.6 is 12.8 Å². The zero-order chi connectivity index (χ0) is 39.1. The Labute approximate surface area is 331 Å². The van der Waals surface area contributed by atoms with E-state index in [9.17, 15) is 4.21 Å². The van der Waals surface area contributed by atoms with E-state index in [2.05, 4.69) is 33.8 Å². The number of methoxy groups -OCH3 is 1.